The Kier molecular flexibility index (Phi) is 7.40. The van der Waals surface area contributed by atoms with Crippen molar-refractivity contribution in [2.24, 2.45) is 0 Å². The Bertz CT molecular complexity index is 703. The number of hydrogen-bond donors (Lipinski definition) is 1. The number of amides is 1. The van der Waals surface area contributed by atoms with Crippen LogP contribution in [0.25, 0.3) is 0 Å². The molecule has 4 rings (SSSR count). The molecule has 0 aromatic rings. The molecule has 180 valence electrons. The van der Waals surface area contributed by atoms with Gasteiger partial charge in [0.2, 0.25) is 5.91 Å². The molecule has 0 unspecified atom stereocenters. The summed E-state index contributed by atoms with van der Waals surface area (Å²) in [5.41, 5.74) is 0. The van der Waals surface area contributed by atoms with Gasteiger partial charge in [0.05, 0.1) is 18.7 Å². The molecule has 9 nitrogen and oxygen atoms in total. The van der Waals surface area contributed by atoms with Gasteiger partial charge in [-0.3, -0.25) is 4.79 Å². The average molecular weight is 451 g/mol. The molecule has 0 saturated carbocycles. The van der Waals surface area contributed by atoms with E-state index in [2.05, 4.69) is 16.3 Å². The van der Waals surface area contributed by atoms with Crippen molar-refractivity contribution in [1.29, 1.82) is 5.26 Å². The van der Waals surface area contributed by atoms with Crippen LogP contribution in [0.1, 0.15) is 53.4 Å². The van der Waals surface area contributed by atoms with Crippen molar-refractivity contribution < 1.29 is 23.7 Å². The fourth-order valence-corrected chi connectivity index (χ4v) is 5.27. The molecule has 0 bridgehead atoms. The summed E-state index contributed by atoms with van der Waals surface area (Å²) in [6, 6.07) is 2.30. The van der Waals surface area contributed by atoms with Gasteiger partial charge in [-0.1, -0.05) is 0 Å². The SMILES string of the molecule is CC(C)O[C@@H]1O[C@H](CN2CCC(NCC(=O)N3CCC[C@H]3C#N)CC2)[C@H]2OC(C)(C)O[C@@H]12. The van der Waals surface area contributed by atoms with Crippen molar-refractivity contribution in [3.8, 4) is 6.07 Å². The first kappa shape index (κ1) is 23.9. The molecule has 32 heavy (non-hydrogen) atoms. The lowest BCUT2D eigenvalue weighted by Gasteiger charge is -2.35. The van der Waals surface area contributed by atoms with Crippen LogP contribution in [0, 0.1) is 11.3 Å². The van der Waals surface area contributed by atoms with E-state index in [1.54, 1.807) is 4.90 Å². The van der Waals surface area contributed by atoms with Gasteiger partial charge in [0, 0.05) is 19.1 Å². The van der Waals surface area contributed by atoms with E-state index in [9.17, 15) is 10.1 Å². The Balaban J connectivity index is 1.22. The first-order chi connectivity index (χ1) is 15.3. The molecular weight excluding hydrogens is 412 g/mol. The molecule has 4 aliphatic heterocycles. The molecule has 0 aromatic carbocycles. The van der Waals surface area contributed by atoms with Gasteiger partial charge < -0.3 is 34.1 Å². The molecular formula is C23H38N4O5. The lowest BCUT2D eigenvalue weighted by Crippen LogP contribution is -2.49. The van der Waals surface area contributed by atoms with Gasteiger partial charge in [0.25, 0.3) is 0 Å². The van der Waals surface area contributed by atoms with Gasteiger partial charge in [-0.15, -0.1) is 0 Å². The second-order valence-corrected chi connectivity index (χ2v) is 10.1. The van der Waals surface area contributed by atoms with Crippen LogP contribution in [0.2, 0.25) is 0 Å². The summed E-state index contributed by atoms with van der Waals surface area (Å²) in [4.78, 5) is 16.6. The third-order valence-corrected chi connectivity index (χ3v) is 6.80. The lowest BCUT2D eigenvalue weighted by atomic mass is 10.0. The summed E-state index contributed by atoms with van der Waals surface area (Å²) in [6.45, 7) is 11.5. The summed E-state index contributed by atoms with van der Waals surface area (Å²) < 4.78 is 24.4. The van der Waals surface area contributed by atoms with E-state index in [0.717, 1.165) is 45.3 Å². The maximum absolute atomic E-state index is 12.5. The highest BCUT2D eigenvalue weighted by Crippen LogP contribution is 2.39. The van der Waals surface area contributed by atoms with E-state index in [4.69, 9.17) is 18.9 Å². The number of hydrogen-bond acceptors (Lipinski definition) is 8. The minimum Gasteiger partial charge on any atom is -0.347 e. The van der Waals surface area contributed by atoms with Gasteiger partial charge in [-0.25, -0.2) is 0 Å². The number of piperidine rings is 1. The molecule has 4 heterocycles. The third kappa shape index (κ3) is 5.44. The lowest BCUT2D eigenvalue weighted by molar-refractivity contribution is -0.242. The molecule has 4 fully saturated rings. The first-order valence-electron chi connectivity index (χ1n) is 12.1. The van der Waals surface area contributed by atoms with Crippen LogP contribution in [0.5, 0.6) is 0 Å². The van der Waals surface area contributed by atoms with Crippen molar-refractivity contribution >= 4 is 5.91 Å². The van der Waals surface area contributed by atoms with Crippen LogP contribution >= 0.6 is 0 Å². The molecule has 1 N–H and O–H groups in total. The highest BCUT2D eigenvalue weighted by atomic mass is 16.8. The fourth-order valence-electron chi connectivity index (χ4n) is 5.27. The van der Waals surface area contributed by atoms with Crippen molar-refractivity contribution in [2.75, 3.05) is 32.7 Å². The van der Waals surface area contributed by atoms with Gasteiger partial charge >= 0.3 is 0 Å². The Morgan fingerprint density at radius 1 is 1.19 bits per heavy atom. The van der Waals surface area contributed by atoms with Crippen LogP contribution < -0.4 is 5.32 Å². The molecule has 4 aliphatic rings. The summed E-state index contributed by atoms with van der Waals surface area (Å²) in [5, 5.41) is 12.6. The smallest absolute Gasteiger partial charge is 0.237 e. The van der Waals surface area contributed by atoms with Crippen molar-refractivity contribution in [3.63, 3.8) is 0 Å². The van der Waals surface area contributed by atoms with Crippen LogP contribution in [0.4, 0.5) is 0 Å². The van der Waals surface area contributed by atoms with Crippen molar-refractivity contribution in [3.05, 3.63) is 0 Å². The van der Waals surface area contributed by atoms with Gasteiger partial charge in [-0.05, 0) is 66.5 Å². The Morgan fingerprint density at radius 3 is 2.59 bits per heavy atom. The number of nitriles is 1. The second kappa shape index (κ2) is 9.92. The number of nitrogens with zero attached hydrogens (tertiary/aromatic N) is 3. The van der Waals surface area contributed by atoms with Gasteiger partial charge in [0.15, 0.2) is 12.1 Å². The number of carbonyl (C=O) groups is 1. The zero-order valence-electron chi connectivity index (χ0n) is 19.8. The molecule has 5 atom stereocenters. The average Bonchev–Trinajstić information content (AvgIpc) is 3.42. The van der Waals surface area contributed by atoms with Crippen LogP contribution in [0.3, 0.4) is 0 Å². The summed E-state index contributed by atoms with van der Waals surface area (Å²) in [5.74, 6) is -0.585. The Morgan fingerprint density at radius 2 is 1.91 bits per heavy atom. The van der Waals surface area contributed by atoms with E-state index >= 15 is 0 Å². The maximum atomic E-state index is 12.5. The summed E-state index contributed by atoms with van der Waals surface area (Å²) in [7, 11) is 0. The predicted molar refractivity (Wildman–Crippen MR) is 117 cm³/mol. The number of rotatable bonds is 7. The van der Waals surface area contributed by atoms with Crippen LogP contribution in [-0.4, -0.2) is 97.0 Å². The van der Waals surface area contributed by atoms with Crippen LogP contribution in [0.15, 0.2) is 0 Å². The van der Waals surface area contributed by atoms with Crippen molar-refractivity contribution in [2.45, 2.75) is 102 Å². The van der Waals surface area contributed by atoms with Gasteiger partial charge in [-0.2, -0.15) is 5.26 Å². The first-order valence-corrected chi connectivity index (χ1v) is 12.1. The van der Waals surface area contributed by atoms with E-state index < -0.39 is 12.1 Å². The van der Waals surface area contributed by atoms with E-state index in [0.29, 0.717) is 19.1 Å². The molecule has 9 heteroatoms. The number of carbonyl (C=O) groups excluding carboxylic acids is 1. The topological polar surface area (TPSA) is 96.3 Å². The van der Waals surface area contributed by atoms with Gasteiger partial charge in [0.1, 0.15) is 24.4 Å². The van der Waals surface area contributed by atoms with Crippen LogP contribution in [-0.2, 0) is 23.7 Å². The minimum absolute atomic E-state index is 0.0408. The largest absolute Gasteiger partial charge is 0.347 e. The zero-order valence-corrected chi connectivity index (χ0v) is 19.8. The highest BCUT2D eigenvalue weighted by molar-refractivity contribution is 5.79. The number of fused-ring (bicyclic) bond motifs is 1. The third-order valence-electron chi connectivity index (χ3n) is 6.80. The monoisotopic (exact) mass is 450 g/mol. The molecule has 0 aromatic heterocycles. The Labute approximate surface area is 191 Å². The normalized spacial score (nSPS) is 35.4. The van der Waals surface area contributed by atoms with E-state index in [-0.39, 0.29) is 36.4 Å². The highest BCUT2D eigenvalue weighted by Gasteiger charge is 2.56. The van der Waals surface area contributed by atoms with E-state index in [1.807, 2.05) is 27.7 Å². The molecule has 1 amide bonds. The quantitative estimate of drug-likeness (QED) is 0.619. The number of ether oxygens (including phenoxy) is 4. The molecule has 4 saturated heterocycles. The molecule has 0 radical (unpaired) electrons. The predicted octanol–water partition coefficient (Wildman–Crippen LogP) is 1.22. The fraction of sp³-hybridized carbons (Fsp3) is 0.913. The summed E-state index contributed by atoms with van der Waals surface area (Å²) >= 11 is 0. The maximum Gasteiger partial charge on any atom is 0.237 e. The molecule has 0 spiro atoms. The Hall–Kier alpha value is -1.28. The number of likely N-dealkylation sites (tertiary alicyclic amines) is 2. The number of nitrogens with one attached hydrogen (secondary N) is 1. The molecule has 0 aliphatic carbocycles. The minimum atomic E-state index is -0.626. The summed E-state index contributed by atoms with van der Waals surface area (Å²) in [6.07, 6.45) is 2.90. The standard InChI is InChI=1S/C23H38N4O5/c1-15(2)29-22-21-20(31-23(3,4)32-21)18(30-22)14-26-10-7-16(8-11-26)25-13-19(28)27-9-5-6-17(27)12-24/h15-18,20-22,25H,5-11,13-14H2,1-4H3/t17-,18+,20+,21+,22+/m0/s1. The second-order valence-electron chi connectivity index (χ2n) is 10.1. The van der Waals surface area contributed by atoms with E-state index in [1.165, 1.54) is 0 Å². The van der Waals surface area contributed by atoms with Crippen molar-refractivity contribution in [1.82, 2.24) is 15.1 Å². The zero-order chi connectivity index (χ0) is 22.9.